The van der Waals surface area contributed by atoms with Crippen LogP contribution in [0.1, 0.15) is 118 Å². The van der Waals surface area contributed by atoms with Gasteiger partial charge in [0.15, 0.2) is 17.4 Å². The first-order valence-corrected chi connectivity index (χ1v) is 24.0. The summed E-state index contributed by atoms with van der Waals surface area (Å²) in [5.41, 5.74) is -1.99. The smallest absolute Gasteiger partial charge is 1.00 e. The second kappa shape index (κ2) is 32.3. The Hall–Kier alpha value is 0.534. The van der Waals surface area contributed by atoms with E-state index in [9.17, 15) is 9.59 Å². The molecule has 1 aliphatic heterocycles. The second-order valence-corrected chi connectivity index (χ2v) is 27.0. The largest absolute Gasteiger partial charge is 1.00 e. The van der Waals surface area contributed by atoms with Crippen LogP contribution in [0.25, 0.3) is 0 Å². The van der Waals surface area contributed by atoms with Gasteiger partial charge in [0, 0.05) is 47.7 Å². The number of unbranched alkanes of at least 4 members (excludes halogenated alkanes) is 1. The van der Waals surface area contributed by atoms with Crippen molar-refractivity contribution in [3.05, 3.63) is 0 Å². The third kappa shape index (κ3) is 25.7. The molecule has 17 heteroatoms. The first-order chi connectivity index (χ1) is 21.9. The molecule has 336 valence electrons. The van der Waals surface area contributed by atoms with Crippen LogP contribution in [0.5, 0.6) is 0 Å². The summed E-state index contributed by atoms with van der Waals surface area (Å²) in [6.07, 6.45) is 3.57. The summed E-state index contributed by atoms with van der Waals surface area (Å²) in [4.78, 5) is 22.9. The molecule has 1 fully saturated rings. The number of carbonyl (C=O) groups is 2. The van der Waals surface area contributed by atoms with Crippen LogP contribution in [0.4, 0.5) is 0 Å². The molecule has 1 saturated heterocycles. The third-order valence-corrected chi connectivity index (χ3v) is 15.9. The zero-order valence-electron chi connectivity index (χ0n) is 38.8. The summed E-state index contributed by atoms with van der Waals surface area (Å²) >= 11 is 4.15. The van der Waals surface area contributed by atoms with Gasteiger partial charge in [-0.3, -0.25) is 9.59 Å². The van der Waals surface area contributed by atoms with Crippen molar-refractivity contribution in [3.63, 3.8) is 0 Å². The van der Waals surface area contributed by atoms with Crippen molar-refractivity contribution in [2.45, 2.75) is 148 Å². The minimum atomic E-state index is -2.41. The number of methoxy groups -OCH3 is 2. The van der Waals surface area contributed by atoms with Crippen LogP contribution in [-0.4, -0.2) is 126 Å². The van der Waals surface area contributed by atoms with E-state index in [4.69, 9.17) is 23.5 Å². The number of carbonyl (C=O) groups excluding carboxylic acids is 2. The van der Waals surface area contributed by atoms with Crippen molar-refractivity contribution in [1.29, 1.82) is 0 Å². The quantitative estimate of drug-likeness (QED) is 0.141. The summed E-state index contributed by atoms with van der Waals surface area (Å²) in [5.74, 6) is 0.213. The summed E-state index contributed by atoms with van der Waals surface area (Å²) in [5, 5.41) is 17.9. The van der Waals surface area contributed by atoms with Gasteiger partial charge in [-0.25, -0.2) is 0 Å². The average Bonchev–Trinajstić information content (AvgIpc) is 3.11. The predicted octanol–water partition coefficient (Wildman–Crippen LogP) is 2.62. The molecular formula is C38H94AlLiO12SSi2. The molecule has 1 rings (SSSR count). The van der Waals surface area contributed by atoms with Gasteiger partial charge in [0.2, 0.25) is 0 Å². The van der Waals surface area contributed by atoms with Gasteiger partial charge >= 0.3 is 39.6 Å². The maximum Gasteiger partial charge on any atom is 1.00 e. The number of esters is 2. The zero-order valence-corrected chi connectivity index (χ0v) is 40.7. The fourth-order valence-corrected chi connectivity index (χ4v) is 8.28. The molecule has 0 aromatic carbocycles. The normalized spacial score (nSPS) is 15.5. The van der Waals surface area contributed by atoms with E-state index < -0.39 is 39.6 Å². The van der Waals surface area contributed by atoms with Gasteiger partial charge < -0.3 is 50.8 Å². The van der Waals surface area contributed by atoms with Crippen molar-refractivity contribution in [1.82, 2.24) is 0 Å². The molecule has 0 amide bonds. The molecule has 0 spiro atoms. The van der Waals surface area contributed by atoms with Crippen LogP contribution in [0.3, 0.4) is 0 Å². The van der Waals surface area contributed by atoms with Gasteiger partial charge in [-0.1, -0.05) is 102 Å². The molecule has 55 heavy (non-hydrogen) atoms. The Bertz CT molecular complexity index is 914. The van der Waals surface area contributed by atoms with Gasteiger partial charge in [0.05, 0.1) is 25.0 Å². The topological polar surface area (TPSA) is 215 Å². The Morgan fingerprint density at radius 1 is 0.764 bits per heavy atom. The Morgan fingerprint density at radius 2 is 1.07 bits per heavy atom. The number of hydrogen-bond acceptors (Lipinski definition) is 10. The van der Waals surface area contributed by atoms with E-state index >= 15 is 0 Å². The SMILES string of the molecule is C.CC(C)(CO)C(C)(C)CO.CCCC[Si]1(OC)OCC(C)(C)C(C)(C)CO1.COC(=O)C(C)(C)C(C)(C)C(=O)OC.C[Si](C)(C)CCCS.O.O.O.[AlH3].[H-].[Li+]. The first kappa shape index (κ1) is 76.3. The number of hydrogen-bond donors (Lipinski definition) is 3. The number of ether oxygens (including phenoxy) is 2. The van der Waals surface area contributed by atoms with Crippen molar-refractivity contribution in [2.24, 2.45) is 32.5 Å². The van der Waals surface area contributed by atoms with Gasteiger partial charge in [0.25, 0.3) is 0 Å². The van der Waals surface area contributed by atoms with Crippen molar-refractivity contribution in [2.75, 3.05) is 53.5 Å². The fraction of sp³-hybridized carbons (Fsp3) is 0.947. The van der Waals surface area contributed by atoms with E-state index in [0.29, 0.717) is 0 Å². The van der Waals surface area contributed by atoms with Crippen molar-refractivity contribution >= 4 is 58.8 Å². The summed E-state index contributed by atoms with van der Waals surface area (Å²) in [7, 11) is 1.20. The Labute approximate surface area is 370 Å². The van der Waals surface area contributed by atoms with Gasteiger partial charge in [0.1, 0.15) is 0 Å². The zero-order chi connectivity index (χ0) is 39.8. The number of rotatable bonds is 13. The van der Waals surface area contributed by atoms with Gasteiger partial charge in [-0.15, -0.1) is 0 Å². The summed E-state index contributed by atoms with van der Waals surface area (Å²) < 4.78 is 27.1. The molecule has 0 bridgehead atoms. The number of aliphatic hydroxyl groups is 2. The fourth-order valence-electron chi connectivity index (χ4n) is 3.83. The standard InChI is InChI=1S/C13H28O3Si.C10H18O4.C8H18O2.C6H16SSi.CH4.Al.Li.3H2O.4H/c1-7-8-9-17(14-6)15-10-12(2,3)13(4,5)11-16-17;1-9(2,7(11)13-5)10(3,4)8(12)14-6;1-7(2,5-9)8(3,4)6-10;1-8(2,3)6-4-5-7;;;;;;;;;;/h7-11H2,1-6H3;1-6H3;9-10H,5-6H2,1-4H3;7H,4-6H2,1-3H3;1H4;;;3*1H2;;;;/q;;;;;;+1;;;;;;;-1. The van der Waals surface area contributed by atoms with Crippen LogP contribution in [-0.2, 0) is 32.3 Å². The monoisotopic (exact) mass is 865 g/mol. The Morgan fingerprint density at radius 3 is 1.25 bits per heavy atom. The maximum atomic E-state index is 11.5. The molecular weight excluding hydrogens is 771 g/mol. The van der Waals surface area contributed by atoms with E-state index in [1.165, 1.54) is 26.7 Å². The number of aliphatic hydroxyl groups excluding tert-OH is 2. The van der Waals surface area contributed by atoms with Crippen LogP contribution in [0, 0.1) is 32.5 Å². The predicted molar refractivity (Wildman–Crippen MR) is 241 cm³/mol. The van der Waals surface area contributed by atoms with Gasteiger partial charge in [-0.05, 0) is 67.9 Å². The molecule has 8 N–H and O–H groups in total. The Kier molecular flexibility index (Phi) is 44.8. The van der Waals surface area contributed by atoms with E-state index in [1.54, 1.807) is 34.8 Å². The Balaban J connectivity index is -0.0000000625. The van der Waals surface area contributed by atoms with Crippen LogP contribution in [0.15, 0.2) is 0 Å². The average molecular weight is 865 g/mol. The van der Waals surface area contributed by atoms with E-state index in [-0.39, 0.29) is 96.4 Å². The third-order valence-electron chi connectivity index (χ3n) is 10.9. The molecule has 0 aromatic heterocycles. The molecule has 0 atom stereocenters. The molecule has 0 radical (unpaired) electrons. The molecule has 0 aliphatic carbocycles. The van der Waals surface area contributed by atoms with E-state index in [2.05, 4.69) is 76.4 Å². The molecule has 0 unspecified atom stereocenters. The first-order valence-electron chi connectivity index (χ1n) is 17.8. The maximum absolute atomic E-state index is 11.5. The molecule has 0 saturated carbocycles. The van der Waals surface area contributed by atoms with E-state index in [0.717, 1.165) is 37.9 Å². The molecule has 12 nitrogen and oxygen atoms in total. The minimum absolute atomic E-state index is 0. The van der Waals surface area contributed by atoms with Gasteiger partial charge in [-0.2, -0.15) is 12.6 Å². The van der Waals surface area contributed by atoms with Crippen LogP contribution < -0.4 is 18.9 Å². The van der Waals surface area contributed by atoms with Crippen LogP contribution >= 0.6 is 12.6 Å². The second-order valence-electron chi connectivity index (χ2n) is 18.0. The summed E-state index contributed by atoms with van der Waals surface area (Å²) in [6.45, 7) is 34.5. The molecule has 1 heterocycles. The molecule has 0 aromatic rings. The minimum Gasteiger partial charge on any atom is -1.00 e. The summed E-state index contributed by atoms with van der Waals surface area (Å²) in [6, 6.07) is 2.36. The van der Waals surface area contributed by atoms with Crippen LogP contribution in [0.2, 0.25) is 31.7 Å². The number of thiol groups is 1. The molecule has 1 aliphatic rings. The van der Waals surface area contributed by atoms with Crippen molar-refractivity contribution in [3.8, 4) is 0 Å². The van der Waals surface area contributed by atoms with Crippen molar-refractivity contribution < 1.29 is 79.3 Å². The van der Waals surface area contributed by atoms with E-state index in [1.807, 2.05) is 27.7 Å².